The topological polar surface area (TPSA) is 43.6 Å². The predicted molar refractivity (Wildman–Crippen MR) is 58.6 cm³/mol. The number of aryl methyl sites for hydroxylation is 1. The summed E-state index contributed by atoms with van der Waals surface area (Å²) in [6, 6.07) is 5.50. The Hall–Kier alpha value is -1.42. The fourth-order valence-electron chi connectivity index (χ4n) is 1.39. The first kappa shape index (κ1) is 10.1. The highest BCUT2D eigenvalue weighted by atomic mass is 35.5. The van der Waals surface area contributed by atoms with E-state index in [0.29, 0.717) is 5.15 Å². The van der Waals surface area contributed by atoms with E-state index >= 15 is 0 Å². The van der Waals surface area contributed by atoms with Gasteiger partial charge in [-0.15, -0.1) is 10.2 Å². The molecule has 0 aliphatic heterocycles. The van der Waals surface area contributed by atoms with Crippen LogP contribution in [-0.4, -0.2) is 20.0 Å². The lowest BCUT2D eigenvalue weighted by Crippen LogP contribution is -2.02. The van der Waals surface area contributed by atoms with Gasteiger partial charge in [-0.3, -0.25) is 4.68 Å². The zero-order chi connectivity index (χ0) is 10.7. The van der Waals surface area contributed by atoms with Crippen LogP contribution in [0.15, 0.2) is 24.4 Å². The molecular weight excluding hydrogens is 212 g/mol. The zero-order valence-electron chi connectivity index (χ0n) is 8.39. The van der Waals surface area contributed by atoms with Crippen molar-refractivity contribution in [2.24, 2.45) is 0 Å². The van der Waals surface area contributed by atoms with Gasteiger partial charge in [-0.05, 0) is 24.6 Å². The summed E-state index contributed by atoms with van der Waals surface area (Å²) in [4.78, 5) is 0. The molecule has 2 aromatic heterocycles. The zero-order valence-corrected chi connectivity index (χ0v) is 9.15. The number of rotatable bonds is 3. The van der Waals surface area contributed by atoms with Crippen LogP contribution in [0.3, 0.4) is 0 Å². The molecule has 0 saturated carbocycles. The maximum Gasteiger partial charge on any atom is 0.151 e. The maximum atomic E-state index is 5.68. The largest absolute Gasteiger partial charge is 0.263 e. The van der Waals surface area contributed by atoms with Crippen molar-refractivity contribution in [2.45, 2.75) is 19.9 Å². The van der Waals surface area contributed by atoms with Crippen molar-refractivity contribution in [1.29, 1.82) is 0 Å². The molecule has 4 nitrogen and oxygen atoms in total. The second kappa shape index (κ2) is 4.40. The van der Waals surface area contributed by atoms with E-state index in [1.807, 2.05) is 16.8 Å². The minimum absolute atomic E-state index is 0.403. The molecule has 0 unspecified atom stereocenters. The highest BCUT2D eigenvalue weighted by Crippen LogP contribution is 2.16. The van der Waals surface area contributed by atoms with Gasteiger partial charge in [0.2, 0.25) is 0 Å². The van der Waals surface area contributed by atoms with Crippen molar-refractivity contribution in [1.82, 2.24) is 20.0 Å². The Morgan fingerprint density at radius 1 is 1.27 bits per heavy atom. The average molecular weight is 223 g/mol. The molecule has 0 bridgehead atoms. The quantitative estimate of drug-likeness (QED) is 0.801. The molecule has 2 aromatic rings. The number of nitrogens with zero attached hydrogens (tertiary/aromatic N) is 4. The maximum absolute atomic E-state index is 5.68. The van der Waals surface area contributed by atoms with Gasteiger partial charge in [-0.25, -0.2) is 0 Å². The van der Waals surface area contributed by atoms with Gasteiger partial charge in [0, 0.05) is 12.7 Å². The molecule has 0 N–H and O–H groups in total. The van der Waals surface area contributed by atoms with Crippen LogP contribution >= 0.6 is 11.6 Å². The van der Waals surface area contributed by atoms with Crippen LogP contribution in [0.2, 0.25) is 5.15 Å². The van der Waals surface area contributed by atoms with Crippen LogP contribution in [0.1, 0.15) is 13.3 Å². The van der Waals surface area contributed by atoms with Crippen LogP contribution < -0.4 is 0 Å². The fraction of sp³-hybridized carbons (Fsp3) is 0.300. The van der Waals surface area contributed by atoms with Crippen LogP contribution in [0.5, 0.6) is 0 Å². The van der Waals surface area contributed by atoms with Gasteiger partial charge in [0.05, 0.1) is 5.69 Å². The van der Waals surface area contributed by atoms with E-state index in [1.54, 1.807) is 12.3 Å². The van der Waals surface area contributed by atoms with E-state index in [0.717, 1.165) is 24.4 Å². The summed E-state index contributed by atoms with van der Waals surface area (Å²) < 4.78 is 1.91. The van der Waals surface area contributed by atoms with Crippen LogP contribution in [0.4, 0.5) is 0 Å². The molecule has 0 aliphatic carbocycles. The molecule has 0 saturated heterocycles. The van der Waals surface area contributed by atoms with E-state index in [1.165, 1.54) is 0 Å². The SMILES string of the molecule is CCCn1nccc1-c1ccc(Cl)nn1. The third-order valence-corrected chi connectivity index (χ3v) is 2.25. The van der Waals surface area contributed by atoms with Crippen molar-refractivity contribution >= 4 is 11.6 Å². The molecule has 0 aromatic carbocycles. The Morgan fingerprint density at radius 3 is 2.80 bits per heavy atom. The van der Waals surface area contributed by atoms with E-state index in [4.69, 9.17) is 11.6 Å². The Kier molecular flexibility index (Phi) is 2.97. The lowest BCUT2D eigenvalue weighted by molar-refractivity contribution is 0.607. The highest BCUT2D eigenvalue weighted by Gasteiger charge is 2.06. The number of aromatic nitrogens is 4. The second-order valence-corrected chi connectivity index (χ2v) is 3.57. The predicted octanol–water partition coefficient (Wildman–Crippen LogP) is 2.40. The first-order chi connectivity index (χ1) is 7.31. The Bertz CT molecular complexity index is 435. The average Bonchev–Trinajstić information content (AvgIpc) is 2.68. The van der Waals surface area contributed by atoms with Crippen molar-refractivity contribution in [2.75, 3.05) is 0 Å². The van der Waals surface area contributed by atoms with Gasteiger partial charge < -0.3 is 0 Å². The fourth-order valence-corrected chi connectivity index (χ4v) is 1.49. The van der Waals surface area contributed by atoms with Gasteiger partial charge >= 0.3 is 0 Å². The monoisotopic (exact) mass is 222 g/mol. The smallest absolute Gasteiger partial charge is 0.151 e. The number of halogens is 1. The standard InChI is InChI=1S/C10H11ClN4/c1-2-7-15-9(5-6-12-15)8-3-4-10(11)14-13-8/h3-6H,2,7H2,1H3. The second-order valence-electron chi connectivity index (χ2n) is 3.18. The molecule has 2 rings (SSSR count). The highest BCUT2D eigenvalue weighted by molar-refractivity contribution is 6.29. The van der Waals surface area contributed by atoms with Gasteiger partial charge in [-0.1, -0.05) is 18.5 Å². The van der Waals surface area contributed by atoms with Crippen LogP contribution in [0.25, 0.3) is 11.4 Å². The minimum Gasteiger partial charge on any atom is -0.263 e. The van der Waals surface area contributed by atoms with E-state index in [-0.39, 0.29) is 0 Å². The first-order valence-corrected chi connectivity index (χ1v) is 5.20. The summed E-state index contributed by atoms with van der Waals surface area (Å²) in [7, 11) is 0. The molecule has 0 radical (unpaired) electrons. The summed E-state index contributed by atoms with van der Waals surface area (Å²) in [6.45, 7) is 2.99. The molecule has 0 amide bonds. The lowest BCUT2D eigenvalue weighted by atomic mass is 10.3. The van der Waals surface area contributed by atoms with Crippen molar-refractivity contribution in [3.63, 3.8) is 0 Å². The molecule has 0 fully saturated rings. The van der Waals surface area contributed by atoms with E-state index < -0.39 is 0 Å². The van der Waals surface area contributed by atoms with Crippen molar-refractivity contribution in [3.8, 4) is 11.4 Å². The minimum atomic E-state index is 0.403. The van der Waals surface area contributed by atoms with Crippen molar-refractivity contribution in [3.05, 3.63) is 29.5 Å². The first-order valence-electron chi connectivity index (χ1n) is 4.82. The van der Waals surface area contributed by atoms with Gasteiger partial charge in [0.15, 0.2) is 5.15 Å². The molecule has 0 aliphatic rings. The van der Waals surface area contributed by atoms with E-state index in [9.17, 15) is 0 Å². The Labute approximate surface area is 92.9 Å². The molecule has 2 heterocycles. The third kappa shape index (κ3) is 2.15. The third-order valence-electron chi connectivity index (χ3n) is 2.05. The summed E-state index contributed by atoms with van der Waals surface area (Å²) in [5, 5.41) is 12.5. The Balaban J connectivity index is 2.36. The van der Waals surface area contributed by atoms with Gasteiger partial charge in [0.1, 0.15) is 5.69 Å². The Morgan fingerprint density at radius 2 is 2.13 bits per heavy atom. The van der Waals surface area contributed by atoms with Gasteiger partial charge in [0.25, 0.3) is 0 Å². The number of hydrogen-bond donors (Lipinski definition) is 0. The van der Waals surface area contributed by atoms with Crippen LogP contribution in [-0.2, 0) is 6.54 Å². The van der Waals surface area contributed by atoms with Crippen LogP contribution in [0, 0.1) is 0 Å². The number of hydrogen-bond acceptors (Lipinski definition) is 3. The summed E-state index contributed by atoms with van der Waals surface area (Å²) in [6.07, 6.45) is 2.80. The van der Waals surface area contributed by atoms with Crippen molar-refractivity contribution < 1.29 is 0 Å². The van der Waals surface area contributed by atoms with Gasteiger partial charge in [-0.2, -0.15) is 5.10 Å². The molecule has 0 atom stereocenters. The molecule has 5 heteroatoms. The molecule has 0 spiro atoms. The summed E-state index contributed by atoms with van der Waals surface area (Å²) in [5.74, 6) is 0. The normalized spacial score (nSPS) is 10.5. The summed E-state index contributed by atoms with van der Waals surface area (Å²) >= 11 is 5.68. The summed E-state index contributed by atoms with van der Waals surface area (Å²) in [5.41, 5.74) is 1.77. The molecular formula is C10H11ClN4. The molecule has 78 valence electrons. The molecule has 15 heavy (non-hydrogen) atoms. The lowest BCUT2D eigenvalue weighted by Gasteiger charge is -2.04. The van der Waals surface area contributed by atoms with E-state index in [2.05, 4.69) is 22.2 Å².